The van der Waals surface area contributed by atoms with Gasteiger partial charge in [0.1, 0.15) is 17.7 Å². The molecule has 0 atom stereocenters. The molecule has 0 radical (unpaired) electrons. The lowest BCUT2D eigenvalue weighted by atomic mass is 10.1. The van der Waals surface area contributed by atoms with Gasteiger partial charge in [0.15, 0.2) is 23.0 Å². The lowest BCUT2D eigenvalue weighted by Gasteiger charge is -2.16. The summed E-state index contributed by atoms with van der Waals surface area (Å²) < 4.78 is 27.1. The molecular weight excluding hydrogens is 386 g/mol. The molecule has 2 heterocycles. The molecule has 0 bridgehead atoms. The van der Waals surface area contributed by atoms with Gasteiger partial charge in [-0.2, -0.15) is 0 Å². The van der Waals surface area contributed by atoms with E-state index in [0.717, 1.165) is 10.9 Å². The second-order valence-electron chi connectivity index (χ2n) is 5.91. The number of hydrogen-bond acceptors (Lipinski definition) is 8. The Kier molecular flexibility index (Phi) is 4.87. The third-order valence-electron chi connectivity index (χ3n) is 4.42. The Labute approximate surface area is 166 Å². The molecule has 0 saturated heterocycles. The zero-order valence-electron chi connectivity index (χ0n) is 15.5. The average Bonchev–Trinajstić information content (AvgIpc) is 3.17. The van der Waals surface area contributed by atoms with Crippen LogP contribution in [0.3, 0.4) is 0 Å². The van der Waals surface area contributed by atoms with Gasteiger partial charge in [-0.3, -0.25) is 0 Å². The largest absolute Gasteiger partial charge is 0.493 e. The molecule has 8 nitrogen and oxygen atoms in total. The molecule has 0 unspecified atom stereocenters. The molecule has 0 saturated carbocycles. The summed E-state index contributed by atoms with van der Waals surface area (Å²) in [5.41, 5.74) is 1.46. The number of ether oxygens (including phenoxy) is 5. The molecule has 0 amide bonds. The summed E-state index contributed by atoms with van der Waals surface area (Å²) in [6, 6.07) is 5.40. The van der Waals surface area contributed by atoms with Crippen molar-refractivity contribution in [2.75, 3.05) is 33.4 Å². The van der Waals surface area contributed by atoms with E-state index in [0.29, 0.717) is 51.6 Å². The van der Waals surface area contributed by atoms with Crippen molar-refractivity contribution < 1.29 is 23.7 Å². The van der Waals surface area contributed by atoms with Gasteiger partial charge in [0.25, 0.3) is 0 Å². The minimum Gasteiger partial charge on any atom is -0.493 e. The first-order valence-electron chi connectivity index (χ1n) is 8.41. The second-order valence-corrected chi connectivity index (χ2v) is 6.32. The van der Waals surface area contributed by atoms with Crippen LogP contribution >= 0.6 is 11.6 Å². The number of hydrogen-bond donors (Lipinski definition) is 1. The van der Waals surface area contributed by atoms with Crippen LogP contribution in [0.4, 0.5) is 5.82 Å². The van der Waals surface area contributed by atoms with E-state index in [1.807, 2.05) is 6.07 Å². The molecular formula is C19H18ClN3O5. The highest BCUT2D eigenvalue weighted by Gasteiger charge is 2.20. The summed E-state index contributed by atoms with van der Waals surface area (Å²) in [4.78, 5) is 8.70. The quantitative estimate of drug-likeness (QED) is 0.667. The summed E-state index contributed by atoms with van der Waals surface area (Å²) in [6.45, 7) is 0.624. The first-order valence-corrected chi connectivity index (χ1v) is 8.79. The van der Waals surface area contributed by atoms with Crippen molar-refractivity contribution in [2.24, 2.45) is 0 Å². The van der Waals surface area contributed by atoms with E-state index in [2.05, 4.69) is 15.3 Å². The van der Waals surface area contributed by atoms with Gasteiger partial charge in [-0.25, -0.2) is 9.97 Å². The van der Waals surface area contributed by atoms with Gasteiger partial charge in [-0.15, -0.1) is 0 Å². The lowest BCUT2D eigenvalue weighted by Crippen LogP contribution is -2.05. The highest BCUT2D eigenvalue weighted by atomic mass is 35.5. The van der Waals surface area contributed by atoms with Crippen LogP contribution in [0.2, 0.25) is 5.02 Å². The van der Waals surface area contributed by atoms with Gasteiger partial charge in [0.05, 0.1) is 26.7 Å². The molecule has 146 valence electrons. The van der Waals surface area contributed by atoms with Gasteiger partial charge in [-0.05, 0) is 17.7 Å². The molecule has 3 aromatic rings. The van der Waals surface area contributed by atoms with E-state index < -0.39 is 0 Å². The van der Waals surface area contributed by atoms with Gasteiger partial charge in [0.2, 0.25) is 12.5 Å². The van der Waals surface area contributed by atoms with E-state index in [1.165, 1.54) is 6.33 Å². The van der Waals surface area contributed by atoms with E-state index in [4.69, 9.17) is 35.3 Å². The van der Waals surface area contributed by atoms with Crippen molar-refractivity contribution in [1.29, 1.82) is 0 Å². The van der Waals surface area contributed by atoms with Gasteiger partial charge in [-0.1, -0.05) is 11.6 Å². The van der Waals surface area contributed by atoms with Crippen molar-refractivity contribution in [2.45, 2.75) is 6.54 Å². The van der Waals surface area contributed by atoms with Crippen LogP contribution in [0.25, 0.3) is 10.9 Å². The Hall–Kier alpha value is -3.13. The normalized spacial score (nSPS) is 12.1. The third kappa shape index (κ3) is 3.05. The molecule has 28 heavy (non-hydrogen) atoms. The van der Waals surface area contributed by atoms with Crippen LogP contribution in [0.15, 0.2) is 24.5 Å². The zero-order chi connectivity index (χ0) is 19.7. The van der Waals surface area contributed by atoms with Crippen LogP contribution in [0, 0.1) is 0 Å². The highest BCUT2D eigenvalue weighted by Crippen LogP contribution is 2.44. The average molecular weight is 404 g/mol. The Bertz CT molecular complexity index is 1040. The molecule has 0 spiro atoms. The van der Waals surface area contributed by atoms with Gasteiger partial charge in [0, 0.05) is 17.6 Å². The number of methoxy groups -OCH3 is 3. The topological polar surface area (TPSA) is 84.0 Å². The van der Waals surface area contributed by atoms with Crippen LogP contribution in [-0.2, 0) is 6.54 Å². The van der Waals surface area contributed by atoms with E-state index in [1.54, 1.807) is 33.5 Å². The monoisotopic (exact) mass is 403 g/mol. The number of nitrogens with zero attached hydrogens (tertiary/aromatic N) is 2. The SMILES string of the molecule is COc1cc2c(NCc3cc4c(cc3Cl)OCO4)ncnc2c(OC)c1OC. The number of fused-ring (bicyclic) bond motifs is 2. The molecule has 1 N–H and O–H groups in total. The highest BCUT2D eigenvalue weighted by molar-refractivity contribution is 6.31. The smallest absolute Gasteiger partial charge is 0.231 e. The van der Waals surface area contributed by atoms with E-state index >= 15 is 0 Å². The minimum absolute atomic E-state index is 0.195. The van der Waals surface area contributed by atoms with Gasteiger partial charge < -0.3 is 29.0 Å². The molecule has 1 aromatic heterocycles. The fourth-order valence-electron chi connectivity index (χ4n) is 3.08. The van der Waals surface area contributed by atoms with Crippen molar-refractivity contribution in [3.8, 4) is 28.7 Å². The van der Waals surface area contributed by atoms with E-state index in [9.17, 15) is 0 Å². The number of rotatable bonds is 6. The van der Waals surface area contributed by atoms with Crippen LogP contribution in [0.1, 0.15) is 5.56 Å². The van der Waals surface area contributed by atoms with Gasteiger partial charge >= 0.3 is 0 Å². The predicted octanol–water partition coefficient (Wildman–Crippen LogP) is 3.65. The zero-order valence-corrected chi connectivity index (χ0v) is 16.3. The first-order chi connectivity index (χ1) is 13.7. The molecule has 9 heteroatoms. The third-order valence-corrected chi connectivity index (χ3v) is 4.77. The molecule has 4 rings (SSSR count). The molecule has 2 aromatic carbocycles. The molecule has 0 fully saturated rings. The minimum atomic E-state index is 0.195. The Balaban J connectivity index is 1.72. The van der Waals surface area contributed by atoms with Crippen molar-refractivity contribution in [1.82, 2.24) is 9.97 Å². The fourth-order valence-corrected chi connectivity index (χ4v) is 3.30. The van der Waals surface area contributed by atoms with Crippen LogP contribution < -0.4 is 29.0 Å². The van der Waals surface area contributed by atoms with E-state index in [-0.39, 0.29) is 6.79 Å². The van der Waals surface area contributed by atoms with Crippen molar-refractivity contribution in [3.05, 3.63) is 35.1 Å². The molecule has 1 aliphatic heterocycles. The summed E-state index contributed by atoms with van der Waals surface area (Å²) in [6.07, 6.45) is 1.46. The van der Waals surface area contributed by atoms with Crippen molar-refractivity contribution >= 4 is 28.3 Å². The standard InChI is InChI=1S/C19H18ClN3O5/c1-24-15-5-11-16(18(26-3)17(15)25-2)22-8-23-19(11)21-7-10-4-13-14(6-12(10)20)28-9-27-13/h4-6,8H,7,9H2,1-3H3,(H,21,22,23). The Morgan fingerprint density at radius 3 is 2.46 bits per heavy atom. The van der Waals surface area contributed by atoms with Crippen LogP contribution in [0.5, 0.6) is 28.7 Å². The van der Waals surface area contributed by atoms with Crippen LogP contribution in [-0.4, -0.2) is 38.1 Å². The maximum atomic E-state index is 6.36. The number of benzene rings is 2. The first kappa shape index (κ1) is 18.2. The Morgan fingerprint density at radius 2 is 1.75 bits per heavy atom. The Morgan fingerprint density at radius 1 is 1.00 bits per heavy atom. The number of nitrogens with one attached hydrogen (secondary N) is 1. The maximum absolute atomic E-state index is 6.36. The lowest BCUT2D eigenvalue weighted by molar-refractivity contribution is 0.174. The fraction of sp³-hybridized carbons (Fsp3) is 0.263. The number of aromatic nitrogens is 2. The van der Waals surface area contributed by atoms with Crippen molar-refractivity contribution in [3.63, 3.8) is 0 Å². The summed E-state index contributed by atoms with van der Waals surface area (Å²) >= 11 is 6.36. The number of anilines is 1. The number of halogens is 1. The summed E-state index contributed by atoms with van der Waals surface area (Å²) in [5.74, 6) is 3.39. The second kappa shape index (κ2) is 7.47. The summed E-state index contributed by atoms with van der Waals surface area (Å²) in [7, 11) is 4.67. The molecule has 0 aliphatic carbocycles. The summed E-state index contributed by atoms with van der Waals surface area (Å²) in [5, 5.41) is 4.60. The molecule has 1 aliphatic rings. The predicted molar refractivity (Wildman–Crippen MR) is 104 cm³/mol. The maximum Gasteiger partial charge on any atom is 0.231 e.